The average Bonchev–Trinajstić information content (AvgIpc) is 2.54. The monoisotopic (exact) mass is 338 g/mol. The van der Waals surface area contributed by atoms with E-state index in [4.69, 9.17) is 13.3 Å². The number of benzene rings is 1. The molecule has 0 bridgehead atoms. The van der Waals surface area contributed by atoms with Crippen molar-refractivity contribution in [2.24, 2.45) is 5.92 Å². The third-order valence-corrected chi connectivity index (χ3v) is 5.19. The summed E-state index contributed by atoms with van der Waals surface area (Å²) in [4.78, 5) is 2.33. The standard InChI is InChI=1S/C14H20N2.C3H10O3Si/c1-3-16(12(2)14-9-15-10-14)11-13-7-5-4-6-8-13;1-4-7(5-2)6-3/h3-8,12,14-15H,1,9-11H2,2H3;7H,1-3H3. The van der Waals surface area contributed by atoms with Crippen LogP contribution in [0.5, 0.6) is 0 Å². The molecule has 1 N–H and O–H groups in total. The van der Waals surface area contributed by atoms with Crippen LogP contribution in [0.3, 0.4) is 0 Å². The minimum absolute atomic E-state index is 0.568. The lowest BCUT2D eigenvalue weighted by molar-refractivity contribution is 0.163. The number of nitrogens with one attached hydrogen (secondary N) is 1. The molecule has 1 aliphatic rings. The third-order valence-electron chi connectivity index (χ3n) is 4.04. The molecule has 0 aliphatic carbocycles. The smallest absolute Gasteiger partial charge is 0.379 e. The van der Waals surface area contributed by atoms with Crippen LogP contribution in [-0.4, -0.2) is 54.9 Å². The summed E-state index contributed by atoms with van der Waals surface area (Å²) in [5.41, 5.74) is 1.35. The van der Waals surface area contributed by atoms with Gasteiger partial charge in [0.05, 0.1) is 0 Å². The first kappa shape index (κ1) is 19.9. The molecule has 6 heteroatoms. The number of hydrogen-bond acceptors (Lipinski definition) is 5. The minimum Gasteiger partial charge on any atom is -0.379 e. The van der Waals surface area contributed by atoms with E-state index in [-0.39, 0.29) is 0 Å². The predicted molar refractivity (Wildman–Crippen MR) is 96.2 cm³/mol. The second-order valence-electron chi connectivity index (χ2n) is 5.50. The van der Waals surface area contributed by atoms with Crippen molar-refractivity contribution in [1.82, 2.24) is 10.2 Å². The lowest BCUT2D eigenvalue weighted by Gasteiger charge is -2.39. The molecule has 1 fully saturated rings. The Morgan fingerprint density at radius 2 is 1.78 bits per heavy atom. The van der Waals surface area contributed by atoms with Crippen LogP contribution in [-0.2, 0) is 19.8 Å². The maximum Gasteiger partial charge on any atom is 0.483 e. The van der Waals surface area contributed by atoms with Gasteiger partial charge in [-0.15, -0.1) is 0 Å². The topological polar surface area (TPSA) is 43.0 Å². The summed E-state index contributed by atoms with van der Waals surface area (Å²) >= 11 is 0. The van der Waals surface area contributed by atoms with Gasteiger partial charge in [0.1, 0.15) is 0 Å². The van der Waals surface area contributed by atoms with E-state index in [0.29, 0.717) is 6.04 Å². The first-order valence-electron chi connectivity index (χ1n) is 7.87. The Labute approximate surface area is 142 Å². The number of rotatable bonds is 8. The molecule has 1 atom stereocenters. The first-order chi connectivity index (χ1) is 11.2. The van der Waals surface area contributed by atoms with Gasteiger partial charge in [0.25, 0.3) is 0 Å². The van der Waals surface area contributed by atoms with E-state index in [1.54, 1.807) is 21.3 Å². The fraction of sp³-hybridized carbons (Fsp3) is 0.529. The molecule has 5 nitrogen and oxygen atoms in total. The van der Waals surface area contributed by atoms with Crippen molar-refractivity contribution in [1.29, 1.82) is 0 Å². The second kappa shape index (κ2) is 11.4. The number of hydrogen-bond donors (Lipinski definition) is 1. The van der Waals surface area contributed by atoms with Crippen LogP contribution in [0.4, 0.5) is 0 Å². The van der Waals surface area contributed by atoms with E-state index in [1.807, 2.05) is 6.20 Å². The van der Waals surface area contributed by atoms with Crippen molar-refractivity contribution < 1.29 is 13.3 Å². The fourth-order valence-corrected chi connectivity index (χ4v) is 2.96. The first-order valence-corrected chi connectivity index (χ1v) is 9.29. The van der Waals surface area contributed by atoms with Crippen molar-refractivity contribution in [2.45, 2.75) is 19.5 Å². The Hall–Kier alpha value is -1.18. The van der Waals surface area contributed by atoms with Gasteiger partial charge in [-0.05, 0) is 18.7 Å². The zero-order valence-electron chi connectivity index (χ0n) is 14.7. The summed E-state index contributed by atoms with van der Waals surface area (Å²) in [6.07, 6.45) is 1.97. The van der Waals surface area contributed by atoms with E-state index in [2.05, 4.69) is 54.1 Å². The van der Waals surface area contributed by atoms with E-state index in [0.717, 1.165) is 25.6 Å². The molecule has 1 aliphatic heterocycles. The van der Waals surface area contributed by atoms with Crippen LogP contribution in [0, 0.1) is 5.92 Å². The van der Waals surface area contributed by atoms with Crippen LogP contribution >= 0.6 is 0 Å². The molecule has 1 heterocycles. The Morgan fingerprint density at radius 3 is 2.13 bits per heavy atom. The summed E-state index contributed by atoms with van der Waals surface area (Å²) in [7, 11) is 3.05. The van der Waals surface area contributed by atoms with Gasteiger partial charge in [-0.3, -0.25) is 0 Å². The second-order valence-corrected chi connectivity index (χ2v) is 7.49. The highest BCUT2D eigenvalue weighted by atomic mass is 28.3. The highest BCUT2D eigenvalue weighted by molar-refractivity contribution is 6.36. The highest BCUT2D eigenvalue weighted by Gasteiger charge is 2.26. The molecule has 1 aromatic carbocycles. The lowest BCUT2D eigenvalue weighted by Crippen LogP contribution is -2.52. The normalized spacial score (nSPS) is 15.3. The maximum atomic E-state index is 4.74. The van der Waals surface area contributed by atoms with E-state index in [9.17, 15) is 0 Å². The van der Waals surface area contributed by atoms with Gasteiger partial charge in [-0.1, -0.05) is 36.9 Å². The predicted octanol–water partition coefficient (Wildman–Crippen LogP) is 1.88. The lowest BCUT2D eigenvalue weighted by atomic mass is 9.94. The molecular formula is C17H30N2O3Si. The van der Waals surface area contributed by atoms with Crippen LogP contribution in [0.15, 0.2) is 43.1 Å². The summed E-state index contributed by atoms with van der Waals surface area (Å²) in [6.45, 7) is 9.45. The van der Waals surface area contributed by atoms with Gasteiger partial charge in [0.2, 0.25) is 0 Å². The Kier molecular flexibility index (Phi) is 9.82. The Morgan fingerprint density at radius 1 is 1.22 bits per heavy atom. The molecule has 130 valence electrons. The van der Waals surface area contributed by atoms with Gasteiger partial charge in [0.15, 0.2) is 0 Å². The van der Waals surface area contributed by atoms with E-state index < -0.39 is 9.53 Å². The molecule has 0 amide bonds. The van der Waals surface area contributed by atoms with Crippen LogP contribution in [0.1, 0.15) is 12.5 Å². The van der Waals surface area contributed by atoms with Crippen molar-refractivity contribution in [3.63, 3.8) is 0 Å². The summed E-state index contributed by atoms with van der Waals surface area (Å²) in [5.74, 6) is 0.765. The largest absolute Gasteiger partial charge is 0.483 e. The molecule has 1 saturated heterocycles. The minimum atomic E-state index is -1.67. The number of nitrogens with zero attached hydrogens (tertiary/aromatic N) is 1. The van der Waals surface area contributed by atoms with Gasteiger partial charge in [0, 0.05) is 52.9 Å². The molecule has 0 spiro atoms. The van der Waals surface area contributed by atoms with Gasteiger partial charge in [-0.25, -0.2) is 0 Å². The molecule has 0 radical (unpaired) electrons. The van der Waals surface area contributed by atoms with Crippen molar-refractivity contribution >= 4 is 9.53 Å². The van der Waals surface area contributed by atoms with Gasteiger partial charge < -0.3 is 23.5 Å². The van der Waals surface area contributed by atoms with Gasteiger partial charge in [-0.2, -0.15) is 0 Å². The van der Waals surface area contributed by atoms with Crippen LogP contribution in [0.25, 0.3) is 0 Å². The Bertz CT molecular complexity index is 420. The summed E-state index contributed by atoms with van der Waals surface area (Å²) in [5, 5.41) is 3.32. The summed E-state index contributed by atoms with van der Waals surface area (Å²) in [6, 6.07) is 11.1. The SMILES string of the molecule is C=CN(Cc1ccccc1)C(C)C1CNC1.CO[SiH](OC)OC. The Balaban J connectivity index is 0.000000322. The zero-order valence-corrected chi connectivity index (χ0v) is 15.9. The molecule has 1 aromatic rings. The average molecular weight is 339 g/mol. The maximum absolute atomic E-state index is 4.74. The molecular weight excluding hydrogens is 308 g/mol. The van der Waals surface area contributed by atoms with Crippen molar-refractivity contribution in [3.8, 4) is 0 Å². The van der Waals surface area contributed by atoms with Crippen LogP contribution in [0.2, 0.25) is 0 Å². The quantitative estimate of drug-likeness (QED) is 0.733. The third kappa shape index (κ3) is 6.84. The fourth-order valence-electron chi connectivity index (χ4n) is 2.38. The van der Waals surface area contributed by atoms with E-state index in [1.165, 1.54) is 5.56 Å². The molecule has 1 unspecified atom stereocenters. The van der Waals surface area contributed by atoms with Crippen LogP contribution < -0.4 is 5.32 Å². The highest BCUT2D eigenvalue weighted by Crippen LogP contribution is 2.18. The van der Waals surface area contributed by atoms with Gasteiger partial charge >= 0.3 is 9.53 Å². The summed E-state index contributed by atoms with van der Waals surface area (Å²) < 4.78 is 14.2. The van der Waals surface area contributed by atoms with E-state index >= 15 is 0 Å². The molecule has 0 aromatic heterocycles. The van der Waals surface area contributed by atoms with Crippen molar-refractivity contribution in [2.75, 3.05) is 34.4 Å². The molecule has 2 rings (SSSR count). The zero-order chi connectivity index (χ0) is 17.1. The molecule has 23 heavy (non-hydrogen) atoms. The van der Waals surface area contributed by atoms with Crippen molar-refractivity contribution in [3.05, 3.63) is 48.7 Å². The molecule has 0 saturated carbocycles.